The fourth-order valence-electron chi connectivity index (χ4n) is 1.66. The van der Waals surface area contributed by atoms with Crippen LogP contribution in [0.3, 0.4) is 0 Å². The Hall–Kier alpha value is -1.39. The number of carbonyl (C=O) groups excluding carboxylic acids is 2. The molecule has 13 heavy (non-hydrogen) atoms. The van der Waals surface area contributed by atoms with Crippen LogP contribution in [0.2, 0.25) is 0 Å². The minimum absolute atomic E-state index is 0.0174. The van der Waals surface area contributed by atoms with Crippen molar-refractivity contribution >= 4 is 17.6 Å². The van der Waals surface area contributed by atoms with Gasteiger partial charge in [0, 0.05) is 25.1 Å². The molecule has 2 rings (SSSR count). The molecular weight excluding hydrogens is 170 g/mol. The molecule has 0 saturated carbocycles. The first-order chi connectivity index (χ1) is 6.16. The molecule has 0 bridgehead atoms. The van der Waals surface area contributed by atoms with Crippen LogP contribution in [0.15, 0.2) is 4.99 Å². The summed E-state index contributed by atoms with van der Waals surface area (Å²) in [5, 5.41) is 2.76. The molecule has 2 aliphatic rings. The van der Waals surface area contributed by atoms with Crippen molar-refractivity contribution in [1.82, 2.24) is 10.2 Å². The molecule has 1 atom stereocenters. The topological polar surface area (TPSA) is 61.8 Å². The van der Waals surface area contributed by atoms with Crippen LogP contribution < -0.4 is 5.32 Å². The second-order valence-corrected chi connectivity index (χ2v) is 3.36. The van der Waals surface area contributed by atoms with Crippen LogP contribution in [0.4, 0.5) is 4.79 Å². The van der Waals surface area contributed by atoms with Crippen LogP contribution >= 0.6 is 0 Å². The van der Waals surface area contributed by atoms with E-state index in [0.717, 1.165) is 5.71 Å². The normalized spacial score (nSPS) is 27.9. The highest BCUT2D eigenvalue weighted by Crippen LogP contribution is 2.15. The summed E-state index contributed by atoms with van der Waals surface area (Å²) in [6, 6.07) is -0.228. The first-order valence-corrected chi connectivity index (χ1v) is 4.31. The number of nitrogens with one attached hydrogen (secondary N) is 1. The molecule has 1 fully saturated rings. The average Bonchev–Trinajstić information content (AvgIpc) is 2.02. The minimum Gasteiger partial charge on any atom is -0.335 e. The van der Waals surface area contributed by atoms with Crippen LogP contribution in [-0.4, -0.2) is 35.3 Å². The molecule has 0 aromatic heterocycles. The number of amides is 3. The molecule has 0 aromatic rings. The van der Waals surface area contributed by atoms with E-state index >= 15 is 0 Å². The summed E-state index contributed by atoms with van der Waals surface area (Å²) in [6.07, 6.45) is 0.875. The lowest BCUT2D eigenvalue weighted by atomic mass is 10.1. The van der Waals surface area contributed by atoms with Crippen LogP contribution in [0.25, 0.3) is 0 Å². The molecule has 1 saturated heterocycles. The van der Waals surface area contributed by atoms with Crippen molar-refractivity contribution in [3.8, 4) is 0 Å². The first-order valence-electron chi connectivity index (χ1n) is 4.31. The van der Waals surface area contributed by atoms with E-state index in [1.165, 1.54) is 0 Å². The number of carbonyl (C=O) groups is 2. The minimum atomic E-state index is -0.228. The molecule has 5 nitrogen and oxygen atoms in total. The largest absolute Gasteiger partial charge is 0.345 e. The molecule has 5 heteroatoms. The van der Waals surface area contributed by atoms with Gasteiger partial charge in [-0.3, -0.25) is 4.79 Å². The molecule has 2 aliphatic heterocycles. The van der Waals surface area contributed by atoms with Gasteiger partial charge in [0.15, 0.2) is 0 Å². The van der Waals surface area contributed by atoms with E-state index in [4.69, 9.17) is 0 Å². The van der Waals surface area contributed by atoms with Crippen molar-refractivity contribution in [1.29, 1.82) is 0 Å². The summed E-state index contributed by atoms with van der Waals surface area (Å²) in [5.41, 5.74) is 0.786. The fraction of sp³-hybridized carbons (Fsp3) is 0.625. The van der Waals surface area contributed by atoms with Crippen molar-refractivity contribution in [3.63, 3.8) is 0 Å². The van der Waals surface area contributed by atoms with Gasteiger partial charge in [-0.25, -0.2) is 9.79 Å². The Labute approximate surface area is 75.8 Å². The summed E-state index contributed by atoms with van der Waals surface area (Å²) in [6.45, 7) is 2.29. The number of fused-ring (bicyclic) bond motifs is 1. The molecule has 1 N–H and O–H groups in total. The lowest BCUT2D eigenvalue weighted by molar-refractivity contribution is -0.125. The van der Waals surface area contributed by atoms with Crippen molar-refractivity contribution in [2.24, 2.45) is 4.99 Å². The van der Waals surface area contributed by atoms with Gasteiger partial charge in [0.2, 0.25) is 5.91 Å². The number of nitrogens with zero attached hydrogens (tertiary/aromatic N) is 2. The third-order valence-corrected chi connectivity index (χ3v) is 2.30. The van der Waals surface area contributed by atoms with Crippen molar-refractivity contribution in [3.05, 3.63) is 0 Å². The number of hydrogen-bond acceptors (Lipinski definition) is 2. The lowest BCUT2D eigenvalue weighted by Crippen LogP contribution is -2.57. The Balaban J connectivity index is 2.20. The highest BCUT2D eigenvalue weighted by molar-refractivity contribution is 5.97. The van der Waals surface area contributed by atoms with E-state index < -0.39 is 0 Å². The van der Waals surface area contributed by atoms with E-state index in [0.29, 0.717) is 19.4 Å². The van der Waals surface area contributed by atoms with Gasteiger partial charge in [0.05, 0.1) is 0 Å². The Kier molecular flexibility index (Phi) is 1.79. The zero-order chi connectivity index (χ0) is 9.42. The maximum Gasteiger partial charge on any atom is 0.345 e. The van der Waals surface area contributed by atoms with Crippen LogP contribution in [0.5, 0.6) is 0 Å². The second kappa shape index (κ2) is 2.83. The molecule has 0 aromatic carbocycles. The van der Waals surface area contributed by atoms with E-state index in [1.807, 2.05) is 0 Å². The zero-order valence-electron chi connectivity index (χ0n) is 7.41. The predicted octanol–water partition coefficient (Wildman–Crippen LogP) is 0.119. The highest BCUT2D eigenvalue weighted by Gasteiger charge is 2.32. The third-order valence-electron chi connectivity index (χ3n) is 2.30. The second-order valence-electron chi connectivity index (χ2n) is 3.36. The van der Waals surface area contributed by atoms with Crippen molar-refractivity contribution in [2.75, 3.05) is 6.54 Å². The standard InChI is InChI=1S/C8H11N3O2/c1-5-4-6-10-7(12)2-3-11(6)8(13)9-5/h6H,2-4H2,1H3,(H,10,12). The van der Waals surface area contributed by atoms with E-state index in [2.05, 4.69) is 10.3 Å². The van der Waals surface area contributed by atoms with Gasteiger partial charge >= 0.3 is 6.03 Å². The Morgan fingerprint density at radius 2 is 2.31 bits per heavy atom. The van der Waals surface area contributed by atoms with E-state index in [9.17, 15) is 9.59 Å². The number of rotatable bonds is 0. The predicted molar refractivity (Wildman–Crippen MR) is 46.4 cm³/mol. The summed E-state index contributed by atoms with van der Waals surface area (Å²) in [4.78, 5) is 27.8. The van der Waals surface area contributed by atoms with E-state index in [1.54, 1.807) is 11.8 Å². The van der Waals surface area contributed by atoms with Gasteiger partial charge in [-0.2, -0.15) is 0 Å². The zero-order valence-corrected chi connectivity index (χ0v) is 7.41. The van der Waals surface area contributed by atoms with Crippen LogP contribution in [-0.2, 0) is 4.79 Å². The van der Waals surface area contributed by atoms with Gasteiger partial charge in [0.1, 0.15) is 6.17 Å². The van der Waals surface area contributed by atoms with Gasteiger partial charge in [-0.05, 0) is 6.92 Å². The van der Waals surface area contributed by atoms with Gasteiger partial charge < -0.3 is 10.2 Å². The quantitative estimate of drug-likeness (QED) is 0.577. The Morgan fingerprint density at radius 1 is 1.54 bits per heavy atom. The summed E-state index contributed by atoms with van der Waals surface area (Å²) in [5.74, 6) is 0.0174. The molecule has 0 aliphatic carbocycles. The molecular formula is C8H11N3O2. The molecule has 2 heterocycles. The molecule has 1 unspecified atom stereocenters. The molecule has 0 radical (unpaired) electrons. The van der Waals surface area contributed by atoms with Gasteiger partial charge in [-0.15, -0.1) is 0 Å². The number of hydrogen-bond donors (Lipinski definition) is 1. The van der Waals surface area contributed by atoms with Crippen molar-refractivity contribution in [2.45, 2.75) is 25.9 Å². The fourth-order valence-corrected chi connectivity index (χ4v) is 1.66. The maximum atomic E-state index is 11.3. The number of aliphatic imine (C=N–C) groups is 1. The molecule has 0 spiro atoms. The smallest absolute Gasteiger partial charge is 0.335 e. The maximum absolute atomic E-state index is 11.3. The Morgan fingerprint density at radius 3 is 3.08 bits per heavy atom. The monoisotopic (exact) mass is 181 g/mol. The van der Waals surface area contributed by atoms with Gasteiger partial charge in [-0.1, -0.05) is 0 Å². The number of urea groups is 1. The highest BCUT2D eigenvalue weighted by atomic mass is 16.2. The summed E-state index contributed by atoms with van der Waals surface area (Å²) < 4.78 is 0. The summed E-state index contributed by atoms with van der Waals surface area (Å²) >= 11 is 0. The van der Waals surface area contributed by atoms with Crippen LogP contribution in [0, 0.1) is 0 Å². The summed E-state index contributed by atoms with van der Waals surface area (Å²) in [7, 11) is 0. The SMILES string of the molecule is CC1=NC(=O)N2CCC(=O)NC2C1. The third kappa shape index (κ3) is 1.41. The van der Waals surface area contributed by atoms with Crippen molar-refractivity contribution < 1.29 is 9.59 Å². The molecule has 3 amide bonds. The Bertz CT molecular complexity index is 298. The average molecular weight is 181 g/mol. The van der Waals surface area contributed by atoms with Gasteiger partial charge in [0.25, 0.3) is 0 Å². The van der Waals surface area contributed by atoms with Crippen LogP contribution in [0.1, 0.15) is 19.8 Å². The molecule has 70 valence electrons. The van der Waals surface area contributed by atoms with E-state index in [-0.39, 0.29) is 18.1 Å². The first kappa shape index (κ1) is 8.22. The lowest BCUT2D eigenvalue weighted by Gasteiger charge is -2.37.